The number of carbonyl (C=O) groups excluding carboxylic acids is 2. The first-order valence-electron chi connectivity index (χ1n) is 8.42. The highest BCUT2D eigenvalue weighted by Crippen LogP contribution is 2.47. The fourth-order valence-electron chi connectivity index (χ4n) is 3.73. The Bertz CT molecular complexity index is 648. The van der Waals surface area contributed by atoms with Gasteiger partial charge in [0.25, 0.3) is 0 Å². The lowest BCUT2D eigenvalue weighted by Crippen LogP contribution is -2.53. The number of anilines is 1. The predicted octanol–water partition coefficient (Wildman–Crippen LogP) is 2.80. The monoisotopic (exact) mass is 330 g/mol. The van der Waals surface area contributed by atoms with E-state index in [9.17, 15) is 9.59 Å². The maximum absolute atomic E-state index is 12.5. The highest BCUT2D eigenvalue weighted by atomic mass is 32.2. The number of aryl methyl sites for hydroxylation is 1. The number of carbonyl (C=O) groups is 2. The van der Waals surface area contributed by atoms with Gasteiger partial charge in [-0.1, -0.05) is 12.1 Å². The van der Waals surface area contributed by atoms with Gasteiger partial charge in [-0.2, -0.15) is 0 Å². The van der Waals surface area contributed by atoms with E-state index in [1.54, 1.807) is 11.8 Å². The summed E-state index contributed by atoms with van der Waals surface area (Å²) >= 11 is 1.76. The molecule has 2 amide bonds. The van der Waals surface area contributed by atoms with Crippen LogP contribution in [0.25, 0.3) is 0 Å². The molecule has 5 heteroatoms. The standard InChI is InChI=1S/C18H22N2O2S/c1-13-3-2-4-15(11-13)20-16(21)12-23-18(20)7-9-19(10-8-18)17(22)14-5-6-14/h2-4,11,14H,5-10,12H2,1H3. The van der Waals surface area contributed by atoms with Crippen molar-refractivity contribution in [3.05, 3.63) is 29.8 Å². The third-order valence-corrected chi connectivity index (χ3v) is 6.68. The fraction of sp³-hybridized carbons (Fsp3) is 0.556. The van der Waals surface area contributed by atoms with Crippen LogP contribution in [0.4, 0.5) is 5.69 Å². The lowest BCUT2D eigenvalue weighted by molar-refractivity contribution is -0.133. The van der Waals surface area contributed by atoms with E-state index in [0.29, 0.717) is 11.7 Å². The van der Waals surface area contributed by atoms with Crippen LogP contribution in [0, 0.1) is 12.8 Å². The smallest absolute Gasteiger partial charge is 0.238 e. The van der Waals surface area contributed by atoms with Crippen LogP contribution in [0.2, 0.25) is 0 Å². The predicted molar refractivity (Wildman–Crippen MR) is 92.4 cm³/mol. The van der Waals surface area contributed by atoms with Crippen LogP contribution in [0.3, 0.4) is 0 Å². The lowest BCUT2D eigenvalue weighted by atomic mass is 10.0. The maximum atomic E-state index is 12.5. The minimum atomic E-state index is -0.162. The summed E-state index contributed by atoms with van der Waals surface area (Å²) in [5.74, 6) is 1.36. The molecule has 0 aromatic heterocycles. The molecule has 23 heavy (non-hydrogen) atoms. The zero-order chi connectivity index (χ0) is 16.0. The van der Waals surface area contributed by atoms with E-state index in [2.05, 4.69) is 19.1 Å². The molecule has 2 aliphatic heterocycles. The molecule has 2 heterocycles. The summed E-state index contributed by atoms with van der Waals surface area (Å²) < 4.78 is 0. The molecule has 0 bridgehead atoms. The van der Waals surface area contributed by atoms with E-state index in [1.807, 2.05) is 21.9 Å². The zero-order valence-corrected chi connectivity index (χ0v) is 14.3. The van der Waals surface area contributed by atoms with E-state index in [0.717, 1.165) is 44.5 Å². The number of hydrogen-bond acceptors (Lipinski definition) is 3. The van der Waals surface area contributed by atoms with E-state index in [-0.39, 0.29) is 16.7 Å². The second kappa shape index (κ2) is 5.55. The number of amides is 2. The first-order chi connectivity index (χ1) is 11.1. The normalized spacial score (nSPS) is 23.6. The summed E-state index contributed by atoms with van der Waals surface area (Å²) in [6.45, 7) is 3.61. The first kappa shape index (κ1) is 15.1. The minimum Gasteiger partial charge on any atom is -0.342 e. The van der Waals surface area contributed by atoms with Gasteiger partial charge in [-0.15, -0.1) is 11.8 Å². The number of piperidine rings is 1. The summed E-state index contributed by atoms with van der Waals surface area (Å²) in [7, 11) is 0. The molecular formula is C18H22N2O2S. The molecule has 4 rings (SSSR count). The first-order valence-corrected chi connectivity index (χ1v) is 9.40. The number of hydrogen-bond donors (Lipinski definition) is 0. The molecule has 0 unspecified atom stereocenters. The van der Waals surface area contributed by atoms with Crippen molar-refractivity contribution < 1.29 is 9.59 Å². The van der Waals surface area contributed by atoms with Crippen LogP contribution in [-0.2, 0) is 9.59 Å². The number of likely N-dealkylation sites (tertiary alicyclic amines) is 1. The van der Waals surface area contributed by atoms with Gasteiger partial charge in [0, 0.05) is 24.7 Å². The molecule has 1 aromatic rings. The Kier molecular flexibility index (Phi) is 3.63. The number of benzene rings is 1. The summed E-state index contributed by atoms with van der Waals surface area (Å²) in [6.07, 6.45) is 3.86. The van der Waals surface area contributed by atoms with Crippen LogP contribution in [0.5, 0.6) is 0 Å². The Morgan fingerprint density at radius 3 is 2.65 bits per heavy atom. The molecule has 4 nitrogen and oxygen atoms in total. The van der Waals surface area contributed by atoms with Gasteiger partial charge in [-0.25, -0.2) is 0 Å². The maximum Gasteiger partial charge on any atom is 0.238 e. The van der Waals surface area contributed by atoms with E-state index >= 15 is 0 Å². The Morgan fingerprint density at radius 2 is 2.00 bits per heavy atom. The molecule has 2 saturated heterocycles. The van der Waals surface area contributed by atoms with Crippen molar-refractivity contribution in [3.63, 3.8) is 0 Å². The quantitative estimate of drug-likeness (QED) is 0.837. The lowest BCUT2D eigenvalue weighted by Gasteiger charge is -2.44. The van der Waals surface area contributed by atoms with E-state index in [1.165, 1.54) is 5.56 Å². The Morgan fingerprint density at radius 1 is 1.26 bits per heavy atom. The Hall–Kier alpha value is -1.49. The average molecular weight is 330 g/mol. The van der Waals surface area contributed by atoms with Crippen LogP contribution in [0.1, 0.15) is 31.2 Å². The van der Waals surface area contributed by atoms with Crippen molar-refractivity contribution in [1.29, 1.82) is 0 Å². The molecule has 0 atom stereocenters. The number of rotatable bonds is 2. The van der Waals surface area contributed by atoms with Gasteiger partial charge in [0.15, 0.2) is 0 Å². The molecule has 0 radical (unpaired) electrons. The van der Waals surface area contributed by atoms with Crippen molar-refractivity contribution >= 4 is 29.3 Å². The second-order valence-electron chi connectivity index (χ2n) is 6.90. The highest BCUT2D eigenvalue weighted by Gasteiger charge is 2.49. The third kappa shape index (κ3) is 2.65. The number of thioether (sulfide) groups is 1. The van der Waals surface area contributed by atoms with Gasteiger partial charge in [-0.05, 0) is 50.3 Å². The van der Waals surface area contributed by atoms with Crippen LogP contribution in [0.15, 0.2) is 24.3 Å². The Labute approximate surface area is 141 Å². The molecule has 1 saturated carbocycles. The summed E-state index contributed by atoms with van der Waals surface area (Å²) in [5.41, 5.74) is 2.17. The molecule has 3 aliphatic rings. The van der Waals surface area contributed by atoms with Gasteiger partial charge in [0.05, 0.1) is 10.6 Å². The molecule has 1 spiro atoms. The molecule has 0 N–H and O–H groups in total. The summed E-state index contributed by atoms with van der Waals surface area (Å²) in [6, 6.07) is 8.19. The number of nitrogens with zero attached hydrogens (tertiary/aromatic N) is 2. The largest absolute Gasteiger partial charge is 0.342 e. The van der Waals surface area contributed by atoms with Gasteiger partial charge in [0.2, 0.25) is 11.8 Å². The van der Waals surface area contributed by atoms with Gasteiger partial charge >= 0.3 is 0 Å². The third-order valence-electron chi connectivity index (χ3n) is 5.16. The molecule has 1 aromatic carbocycles. The van der Waals surface area contributed by atoms with Gasteiger partial charge in [0.1, 0.15) is 0 Å². The van der Waals surface area contributed by atoms with Gasteiger partial charge < -0.3 is 4.90 Å². The zero-order valence-electron chi connectivity index (χ0n) is 13.5. The minimum absolute atomic E-state index is 0.162. The summed E-state index contributed by atoms with van der Waals surface area (Å²) in [4.78, 5) is 28.6. The molecule has 1 aliphatic carbocycles. The average Bonchev–Trinajstić information content (AvgIpc) is 3.34. The SMILES string of the molecule is Cc1cccc(N2C(=O)CSC23CCN(C(=O)C2CC2)CC3)c1. The van der Waals surface area contributed by atoms with Crippen LogP contribution < -0.4 is 4.90 Å². The van der Waals surface area contributed by atoms with Crippen molar-refractivity contribution in [2.75, 3.05) is 23.7 Å². The summed E-state index contributed by atoms with van der Waals surface area (Å²) in [5, 5.41) is 0. The van der Waals surface area contributed by atoms with E-state index < -0.39 is 0 Å². The van der Waals surface area contributed by atoms with Gasteiger partial charge in [-0.3, -0.25) is 14.5 Å². The van der Waals surface area contributed by atoms with E-state index in [4.69, 9.17) is 0 Å². The van der Waals surface area contributed by atoms with Crippen molar-refractivity contribution in [2.45, 2.75) is 37.5 Å². The van der Waals surface area contributed by atoms with Crippen LogP contribution in [-0.4, -0.2) is 40.4 Å². The molecule has 3 fully saturated rings. The van der Waals surface area contributed by atoms with Crippen molar-refractivity contribution in [2.24, 2.45) is 5.92 Å². The van der Waals surface area contributed by atoms with Crippen molar-refractivity contribution in [1.82, 2.24) is 4.90 Å². The highest BCUT2D eigenvalue weighted by molar-refractivity contribution is 8.02. The molecule has 122 valence electrons. The molecular weight excluding hydrogens is 308 g/mol. The van der Waals surface area contributed by atoms with Crippen LogP contribution >= 0.6 is 11.8 Å². The Balaban J connectivity index is 1.55. The second-order valence-corrected chi connectivity index (χ2v) is 8.24. The topological polar surface area (TPSA) is 40.6 Å². The van der Waals surface area contributed by atoms with Crippen molar-refractivity contribution in [3.8, 4) is 0 Å². The fourth-order valence-corrected chi connectivity index (χ4v) is 5.06.